The van der Waals surface area contributed by atoms with Crippen molar-refractivity contribution in [3.05, 3.63) is 109 Å². The zero-order valence-corrected chi connectivity index (χ0v) is 22.3. The summed E-state index contributed by atoms with van der Waals surface area (Å²) in [6.45, 7) is 8.61. The Morgan fingerprint density at radius 3 is 1.60 bits per heavy atom. The molecule has 8 nitrogen and oxygen atoms in total. The standard InChI is InChI=1S/C32H33NO7/c1-3-31(34)38-21-5-19-36-28-13-9-25(10-14-28)23-33-27-11-7-26(8-12-27)24-40-30-17-15-29(16-18-30)37-20-6-22-39-32(35)4-2/h3-4,7-18,23H,1-2,5-6,19-22,24H2. The molecule has 0 aromatic heterocycles. The SMILES string of the molecule is C=CC(=O)OCCCOc1ccc(C=Nc2ccc(COc3ccc(OCCCOC(=O)C=C)cc3)cc2)cc1. The summed E-state index contributed by atoms with van der Waals surface area (Å²) in [7, 11) is 0. The molecule has 0 unspecified atom stereocenters. The molecule has 3 aromatic rings. The lowest BCUT2D eigenvalue weighted by molar-refractivity contribution is -0.138. The summed E-state index contributed by atoms with van der Waals surface area (Å²) < 4.78 is 27.0. The van der Waals surface area contributed by atoms with Crippen LogP contribution >= 0.6 is 0 Å². The molecule has 3 rings (SSSR count). The highest BCUT2D eigenvalue weighted by Gasteiger charge is 2.01. The summed E-state index contributed by atoms with van der Waals surface area (Å²) in [5.74, 6) is 1.33. The molecule has 208 valence electrons. The molecule has 0 saturated carbocycles. The van der Waals surface area contributed by atoms with E-state index in [2.05, 4.69) is 18.2 Å². The number of carbonyl (C=O) groups is 2. The lowest BCUT2D eigenvalue weighted by atomic mass is 10.2. The Bertz CT molecular complexity index is 1250. The van der Waals surface area contributed by atoms with E-state index in [4.69, 9.17) is 23.7 Å². The zero-order valence-electron chi connectivity index (χ0n) is 22.3. The van der Waals surface area contributed by atoms with Crippen molar-refractivity contribution in [1.29, 1.82) is 0 Å². The van der Waals surface area contributed by atoms with Gasteiger partial charge in [-0.1, -0.05) is 25.3 Å². The lowest BCUT2D eigenvalue weighted by Gasteiger charge is -2.09. The van der Waals surface area contributed by atoms with E-state index >= 15 is 0 Å². The summed E-state index contributed by atoms with van der Waals surface area (Å²) in [5.41, 5.74) is 2.80. The highest BCUT2D eigenvalue weighted by atomic mass is 16.5. The van der Waals surface area contributed by atoms with E-state index in [9.17, 15) is 9.59 Å². The van der Waals surface area contributed by atoms with Crippen molar-refractivity contribution < 1.29 is 33.3 Å². The third kappa shape index (κ3) is 11.3. The van der Waals surface area contributed by atoms with Crippen LogP contribution in [0.25, 0.3) is 0 Å². The van der Waals surface area contributed by atoms with E-state index in [1.165, 1.54) is 0 Å². The Kier molecular flexibility index (Phi) is 12.5. The summed E-state index contributed by atoms with van der Waals surface area (Å²) in [4.78, 5) is 26.5. The summed E-state index contributed by atoms with van der Waals surface area (Å²) in [6.07, 6.45) is 5.27. The smallest absolute Gasteiger partial charge is 0.330 e. The number of esters is 2. The number of benzene rings is 3. The lowest BCUT2D eigenvalue weighted by Crippen LogP contribution is -2.06. The van der Waals surface area contributed by atoms with Gasteiger partial charge in [0.1, 0.15) is 23.9 Å². The van der Waals surface area contributed by atoms with Gasteiger partial charge in [-0.25, -0.2) is 9.59 Å². The largest absolute Gasteiger partial charge is 0.493 e. The minimum atomic E-state index is -0.433. The first-order chi connectivity index (χ1) is 19.6. The predicted octanol–water partition coefficient (Wildman–Crippen LogP) is 6.01. The summed E-state index contributed by atoms with van der Waals surface area (Å²) >= 11 is 0. The van der Waals surface area contributed by atoms with Crippen molar-refractivity contribution in [3.63, 3.8) is 0 Å². The molecule has 0 N–H and O–H groups in total. The number of ether oxygens (including phenoxy) is 5. The molecule has 0 aliphatic heterocycles. The maximum Gasteiger partial charge on any atom is 0.330 e. The fourth-order valence-electron chi connectivity index (χ4n) is 3.24. The molecule has 0 atom stereocenters. The Hall–Kier alpha value is -4.85. The molecule has 40 heavy (non-hydrogen) atoms. The molecular weight excluding hydrogens is 510 g/mol. The van der Waals surface area contributed by atoms with Gasteiger partial charge in [-0.15, -0.1) is 0 Å². The first-order valence-electron chi connectivity index (χ1n) is 12.9. The topological polar surface area (TPSA) is 92.7 Å². The first-order valence-corrected chi connectivity index (χ1v) is 12.9. The van der Waals surface area contributed by atoms with Gasteiger partial charge < -0.3 is 23.7 Å². The second kappa shape index (κ2) is 16.9. The average molecular weight is 544 g/mol. The van der Waals surface area contributed by atoms with Crippen LogP contribution in [0.1, 0.15) is 24.0 Å². The van der Waals surface area contributed by atoms with Gasteiger partial charge in [0.05, 0.1) is 32.1 Å². The number of rotatable bonds is 17. The minimum Gasteiger partial charge on any atom is -0.493 e. The molecule has 0 fully saturated rings. The molecule has 0 aliphatic rings. The molecule has 0 spiro atoms. The van der Waals surface area contributed by atoms with E-state index < -0.39 is 11.9 Å². The molecule has 3 aromatic carbocycles. The second-order valence-electron chi connectivity index (χ2n) is 8.40. The Morgan fingerprint density at radius 2 is 1.10 bits per heavy atom. The highest BCUT2D eigenvalue weighted by molar-refractivity contribution is 5.82. The van der Waals surface area contributed by atoms with Gasteiger partial charge in [-0.3, -0.25) is 4.99 Å². The van der Waals surface area contributed by atoms with Crippen LogP contribution in [0.3, 0.4) is 0 Å². The summed E-state index contributed by atoms with van der Waals surface area (Å²) in [5, 5.41) is 0. The Balaban J connectivity index is 1.35. The third-order valence-corrected chi connectivity index (χ3v) is 5.35. The van der Waals surface area contributed by atoms with Gasteiger partial charge in [-0.05, 0) is 71.8 Å². The number of nitrogens with zero attached hydrogens (tertiary/aromatic N) is 1. The van der Waals surface area contributed by atoms with Crippen LogP contribution in [-0.4, -0.2) is 44.6 Å². The maximum atomic E-state index is 11.0. The average Bonchev–Trinajstić information content (AvgIpc) is 3.00. The van der Waals surface area contributed by atoms with Crippen molar-refractivity contribution in [2.75, 3.05) is 26.4 Å². The normalized spacial score (nSPS) is 10.5. The van der Waals surface area contributed by atoms with E-state index in [-0.39, 0.29) is 0 Å². The number of hydrogen-bond donors (Lipinski definition) is 0. The van der Waals surface area contributed by atoms with Crippen molar-refractivity contribution >= 4 is 23.8 Å². The maximum absolute atomic E-state index is 11.0. The summed E-state index contributed by atoms with van der Waals surface area (Å²) in [6, 6.07) is 22.8. The minimum absolute atomic E-state index is 0.291. The molecule has 0 aliphatic carbocycles. The molecule has 0 radical (unpaired) electrons. The molecule has 8 heteroatoms. The van der Waals surface area contributed by atoms with Crippen molar-refractivity contribution in [1.82, 2.24) is 0 Å². The first kappa shape index (κ1) is 29.7. The van der Waals surface area contributed by atoms with Crippen LogP contribution < -0.4 is 14.2 Å². The van der Waals surface area contributed by atoms with E-state index in [0.29, 0.717) is 45.9 Å². The van der Waals surface area contributed by atoms with Crippen LogP contribution in [0, 0.1) is 0 Å². The van der Waals surface area contributed by atoms with Crippen LogP contribution in [-0.2, 0) is 25.7 Å². The van der Waals surface area contributed by atoms with Gasteiger partial charge >= 0.3 is 11.9 Å². The molecule has 0 amide bonds. The molecule has 0 heterocycles. The van der Waals surface area contributed by atoms with Gasteiger partial charge in [0.15, 0.2) is 0 Å². The monoisotopic (exact) mass is 543 g/mol. The predicted molar refractivity (Wildman–Crippen MR) is 153 cm³/mol. The quantitative estimate of drug-likeness (QED) is 0.0891. The van der Waals surface area contributed by atoms with Gasteiger partial charge in [0.25, 0.3) is 0 Å². The highest BCUT2D eigenvalue weighted by Crippen LogP contribution is 2.20. The van der Waals surface area contributed by atoms with Crippen LogP contribution in [0.2, 0.25) is 0 Å². The zero-order chi connectivity index (χ0) is 28.4. The second-order valence-corrected chi connectivity index (χ2v) is 8.40. The van der Waals surface area contributed by atoms with Crippen molar-refractivity contribution in [3.8, 4) is 17.2 Å². The Morgan fingerprint density at radius 1 is 0.625 bits per heavy atom. The fourth-order valence-corrected chi connectivity index (χ4v) is 3.24. The van der Waals surface area contributed by atoms with Gasteiger partial charge in [0.2, 0.25) is 0 Å². The van der Waals surface area contributed by atoms with Crippen molar-refractivity contribution in [2.24, 2.45) is 4.99 Å². The Labute approximate surface area is 234 Å². The number of carbonyl (C=O) groups excluding carboxylic acids is 2. The molecule has 0 saturated heterocycles. The number of aliphatic imine (C=N–C) groups is 1. The molecular formula is C32H33NO7. The van der Waals surface area contributed by atoms with Crippen LogP contribution in [0.4, 0.5) is 5.69 Å². The van der Waals surface area contributed by atoms with Gasteiger partial charge in [-0.2, -0.15) is 0 Å². The van der Waals surface area contributed by atoms with E-state index in [1.807, 2.05) is 72.8 Å². The van der Waals surface area contributed by atoms with Gasteiger partial charge in [0, 0.05) is 31.2 Å². The third-order valence-electron chi connectivity index (χ3n) is 5.35. The van der Waals surface area contributed by atoms with Crippen LogP contribution in [0.5, 0.6) is 17.2 Å². The number of hydrogen-bond acceptors (Lipinski definition) is 8. The molecule has 0 bridgehead atoms. The van der Waals surface area contributed by atoms with Crippen molar-refractivity contribution in [2.45, 2.75) is 19.4 Å². The fraction of sp³-hybridized carbons (Fsp3) is 0.219. The van der Waals surface area contributed by atoms with E-state index in [0.717, 1.165) is 46.2 Å². The van der Waals surface area contributed by atoms with E-state index in [1.54, 1.807) is 6.21 Å². The van der Waals surface area contributed by atoms with Crippen LogP contribution in [0.15, 0.2) is 103 Å².